The Morgan fingerprint density at radius 1 is 1.15 bits per heavy atom. The van der Waals surface area contributed by atoms with Gasteiger partial charge in [-0.3, -0.25) is 9.89 Å². The molecule has 0 aliphatic carbocycles. The smallest absolute Gasteiger partial charge is 0.337 e. The Kier molecular flexibility index (Phi) is 4.79. The molecule has 0 aliphatic rings. The number of benzene rings is 2. The summed E-state index contributed by atoms with van der Waals surface area (Å²) in [5, 5.41) is 9.44. The summed E-state index contributed by atoms with van der Waals surface area (Å²) < 4.78 is 18.0. The van der Waals surface area contributed by atoms with Crippen LogP contribution in [0.25, 0.3) is 11.3 Å². The number of halogens is 1. The highest BCUT2D eigenvalue weighted by Gasteiger charge is 2.13. The molecule has 0 fully saturated rings. The average Bonchev–Trinajstić information content (AvgIpc) is 3.14. The Labute approximate surface area is 149 Å². The van der Waals surface area contributed by atoms with Gasteiger partial charge in [-0.25, -0.2) is 9.18 Å². The number of amides is 1. The number of anilines is 1. The molecule has 0 unspecified atom stereocenters. The van der Waals surface area contributed by atoms with Gasteiger partial charge in [0.1, 0.15) is 11.5 Å². The molecule has 2 N–H and O–H groups in total. The molecule has 0 saturated carbocycles. The van der Waals surface area contributed by atoms with Crippen molar-refractivity contribution in [2.45, 2.75) is 6.92 Å². The van der Waals surface area contributed by atoms with Crippen LogP contribution in [0, 0.1) is 12.7 Å². The summed E-state index contributed by atoms with van der Waals surface area (Å²) in [4.78, 5) is 23.9. The molecule has 0 spiro atoms. The largest absolute Gasteiger partial charge is 0.465 e. The van der Waals surface area contributed by atoms with Crippen LogP contribution in [-0.2, 0) is 4.74 Å². The molecule has 0 bridgehead atoms. The lowest BCUT2D eigenvalue weighted by atomic mass is 10.1. The van der Waals surface area contributed by atoms with Gasteiger partial charge in [-0.1, -0.05) is 6.07 Å². The number of hydrogen-bond acceptors (Lipinski definition) is 4. The van der Waals surface area contributed by atoms with E-state index in [0.29, 0.717) is 28.1 Å². The summed E-state index contributed by atoms with van der Waals surface area (Å²) in [5.41, 5.74) is 2.75. The Morgan fingerprint density at radius 3 is 2.69 bits per heavy atom. The second-order valence-electron chi connectivity index (χ2n) is 5.66. The van der Waals surface area contributed by atoms with Crippen LogP contribution in [0.5, 0.6) is 0 Å². The van der Waals surface area contributed by atoms with Gasteiger partial charge in [0, 0.05) is 11.3 Å². The average molecular weight is 353 g/mol. The number of aromatic amines is 1. The first-order chi connectivity index (χ1) is 12.5. The third kappa shape index (κ3) is 3.61. The lowest BCUT2D eigenvalue weighted by Crippen LogP contribution is -2.13. The molecule has 0 aliphatic heterocycles. The molecule has 2 aromatic carbocycles. The highest BCUT2D eigenvalue weighted by Crippen LogP contribution is 2.21. The fourth-order valence-electron chi connectivity index (χ4n) is 2.43. The molecule has 1 aromatic heterocycles. The van der Waals surface area contributed by atoms with Crippen molar-refractivity contribution in [1.82, 2.24) is 10.2 Å². The second-order valence-corrected chi connectivity index (χ2v) is 5.66. The molecule has 0 radical (unpaired) electrons. The number of aromatic nitrogens is 2. The van der Waals surface area contributed by atoms with E-state index in [1.165, 1.54) is 19.2 Å². The van der Waals surface area contributed by atoms with Crippen molar-refractivity contribution in [3.63, 3.8) is 0 Å². The number of rotatable bonds is 4. The van der Waals surface area contributed by atoms with Gasteiger partial charge in [-0.2, -0.15) is 5.10 Å². The number of carbonyl (C=O) groups excluding carboxylic acids is 2. The van der Waals surface area contributed by atoms with Crippen molar-refractivity contribution in [1.29, 1.82) is 0 Å². The third-order valence-corrected chi connectivity index (χ3v) is 3.82. The standard InChI is InChI=1S/C19H16FN3O3/c1-11-8-12(6-7-15(11)20)16-10-17(23-22-16)18(24)21-14-5-3-4-13(9-14)19(25)26-2/h3-10H,1-2H3,(H,21,24)(H,22,23). The third-order valence-electron chi connectivity index (χ3n) is 3.82. The second kappa shape index (κ2) is 7.18. The number of esters is 1. The zero-order valence-electron chi connectivity index (χ0n) is 14.2. The maximum Gasteiger partial charge on any atom is 0.337 e. The van der Waals surface area contributed by atoms with Gasteiger partial charge in [0.15, 0.2) is 0 Å². The van der Waals surface area contributed by atoms with E-state index in [0.717, 1.165) is 0 Å². The number of aryl methyl sites for hydroxylation is 1. The summed E-state index contributed by atoms with van der Waals surface area (Å²) in [6, 6.07) is 12.6. The van der Waals surface area contributed by atoms with E-state index < -0.39 is 11.9 Å². The van der Waals surface area contributed by atoms with Gasteiger partial charge in [-0.05, 0) is 55.0 Å². The fraction of sp³-hybridized carbons (Fsp3) is 0.105. The maximum absolute atomic E-state index is 13.4. The highest BCUT2D eigenvalue weighted by atomic mass is 19.1. The van der Waals surface area contributed by atoms with Gasteiger partial charge >= 0.3 is 5.97 Å². The molecule has 132 valence electrons. The molecule has 0 atom stereocenters. The molecular formula is C19H16FN3O3. The van der Waals surface area contributed by atoms with Crippen molar-refractivity contribution in [3.05, 3.63) is 71.2 Å². The summed E-state index contributed by atoms with van der Waals surface area (Å²) in [6.07, 6.45) is 0. The van der Waals surface area contributed by atoms with Crippen LogP contribution in [0.1, 0.15) is 26.4 Å². The minimum absolute atomic E-state index is 0.241. The predicted molar refractivity (Wildman–Crippen MR) is 94.5 cm³/mol. The van der Waals surface area contributed by atoms with Crippen LogP contribution in [-0.4, -0.2) is 29.2 Å². The molecular weight excluding hydrogens is 337 g/mol. The number of H-pyrrole nitrogens is 1. The van der Waals surface area contributed by atoms with Crippen LogP contribution < -0.4 is 5.32 Å². The van der Waals surface area contributed by atoms with Gasteiger partial charge in [-0.15, -0.1) is 0 Å². The molecule has 1 heterocycles. The Bertz CT molecular complexity index is 982. The van der Waals surface area contributed by atoms with Crippen LogP contribution in [0.15, 0.2) is 48.5 Å². The van der Waals surface area contributed by atoms with Crippen LogP contribution >= 0.6 is 0 Å². The van der Waals surface area contributed by atoms with E-state index in [-0.39, 0.29) is 11.5 Å². The number of nitrogens with zero attached hydrogens (tertiary/aromatic N) is 1. The van der Waals surface area contributed by atoms with Gasteiger partial charge < -0.3 is 10.1 Å². The van der Waals surface area contributed by atoms with Crippen molar-refractivity contribution >= 4 is 17.6 Å². The maximum atomic E-state index is 13.4. The van der Waals surface area contributed by atoms with Crippen LogP contribution in [0.2, 0.25) is 0 Å². The van der Waals surface area contributed by atoms with Crippen molar-refractivity contribution in [2.24, 2.45) is 0 Å². The van der Waals surface area contributed by atoms with E-state index in [9.17, 15) is 14.0 Å². The van der Waals surface area contributed by atoms with E-state index in [1.54, 1.807) is 43.3 Å². The number of hydrogen-bond donors (Lipinski definition) is 2. The van der Waals surface area contributed by atoms with Crippen LogP contribution in [0.4, 0.5) is 10.1 Å². The topological polar surface area (TPSA) is 84.1 Å². The molecule has 26 heavy (non-hydrogen) atoms. The number of carbonyl (C=O) groups is 2. The minimum Gasteiger partial charge on any atom is -0.465 e. The lowest BCUT2D eigenvalue weighted by molar-refractivity contribution is 0.0600. The molecule has 1 amide bonds. The summed E-state index contributed by atoms with van der Waals surface area (Å²) in [5.74, 6) is -1.20. The number of methoxy groups -OCH3 is 1. The van der Waals surface area contributed by atoms with Gasteiger partial charge in [0.05, 0.1) is 18.4 Å². The minimum atomic E-state index is -0.489. The molecule has 3 rings (SSSR count). The van der Waals surface area contributed by atoms with E-state index in [4.69, 9.17) is 0 Å². The summed E-state index contributed by atoms with van der Waals surface area (Å²) >= 11 is 0. The first kappa shape index (κ1) is 17.3. The quantitative estimate of drug-likeness (QED) is 0.703. The van der Waals surface area contributed by atoms with Gasteiger partial charge in [0.25, 0.3) is 5.91 Å². The summed E-state index contributed by atoms with van der Waals surface area (Å²) in [7, 11) is 1.29. The van der Waals surface area contributed by atoms with E-state index >= 15 is 0 Å². The van der Waals surface area contributed by atoms with Crippen molar-refractivity contribution in [3.8, 4) is 11.3 Å². The summed E-state index contributed by atoms with van der Waals surface area (Å²) in [6.45, 7) is 1.66. The molecule has 0 saturated heterocycles. The molecule has 7 heteroatoms. The lowest BCUT2D eigenvalue weighted by Gasteiger charge is -2.05. The zero-order chi connectivity index (χ0) is 18.7. The van der Waals surface area contributed by atoms with Crippen LogP contribution in [0.3, 0.4) is 0 Å². The zero-order valence-corrected chi connectivity index (χ0v) is 14.2. The van der Waals surface area contributed by atoms with Crippen molar-refractivity contribution < 1.29 is 18.7 Å². The molecule has 3 aromatic rings. The normalized spacial score (nSPS) is 10.4. The number of ether oxygens (including phenoxy) is 1. The Hall–Kier alpha value is -3.48. The fourth-order valence-corrected chi connectivity index (χ4v) is 2.43. The Morgan fingerprint density at radius 2 is 1.96 bits per heavy atom. The number of nitrogens with one attached hydrogen (secondary N) is 2. The Balaban J connectivity index is 1.78. The SMILES string of the molecule is COC(=O)c1cccc(NC(=O)c2cc(-c3ccc(F)c(C)c3)n[nH]2)c1. The van der Waals surface area contributed by atoms with E-state index in [1.807, 2.05) is 0 Å². The highest BCUT2D eigenvalue weighted by molar-refractivity contribution is 6.04. The first-order valence-corrected chi connectivity index (χ1v) is 7.79. The monoisotopic (exact) mass is 353 g/mol. The van der Waals surface area contributed by atoms with Gasteiger partial charge in [0.2, 0.25) is 0 Å². The molecule has 6 nitrogen and oxygen atoms in total. The first-order valence-electron chi connectivity index (χ1n) is 7.79. The van der Waals surface area contributed by atoms with E-state index in [2.05, 4.69) is 20.3 Å². The predicted octanol–water partition coefficient (Wildman–Crippen LogP) is 3.56. The van der Waals surface area contributed by atoms with Crippen molar-refractivity contribution in [2.75, 3.05) is 12.4 Å².